The van der Waals surface area contributed by atoms with E-state index in [2.05, 4.69) is 48.8 Å². The van der Waals surface area contributed by atoms with Crippen LogP contribution in [0.3, 0.4) is 0 Å². The molecule has 0 radical (unpaired) electrons. The zero-order valence-corrected chi connectivity index (χ0v) is 22.2. The number of nitrogens with zero attached hydrogens (tertiary/aromatic N) is 3. The molecular formula is C32H36FN3O. The third-order valence-corrected chi connectivity index (χ3v) is 9.45. The van der Waals surface area contributed by atoms with Crippen molar-refractivity contribution in [2.75, 3.05) is 31.1 Å². The molecule has 37 heavy (non-hydrogen) atoms. The highest BCUT2D eigenvalue weighted by atomic mass is 19.1. The van der Waals surface area contributed by atoms with Crippen molar-refractivity contribution in [3.05, 3.63) is 69.3 Å². The van der Waals surface area contributed by atoms with Crippen LogP contribution in [0.1, 0.15) is 84.6 Å². The van der Waals surface area contributed by atoms with Gasteiger partial charge in [0.2, 0.25) is 0 Å². The van der Waals surface area contributed by atoms with Crippen LogP contribution < -0.4 is 4.90 Å². The fourth-order valence-corrected chi connectivity index (χ4v) is 7.21. The van der Waals surface area contributed by atoms with Crippen LogP contribution in [0.4, 0.5) is 10.1 Å². The molecule has 2 aliphatic heterocycles. The van der Waals surface area contributed by atoms with E-state index in [1.165, 1.54) is 16.8 Å². The van der Waals surface area contributed by atoms with E-state index in [9.17, 15) is 14.4 Å². The summed E-state index contributed by atoms with van der Waals surface area (Å²) in [5.41, 5.74) is 8.98. The molecule has 0 N–H and O–H groups in total. The first-order valence-corrected chi connectivity index (χ1v) is 13.9. The summed E-state index contributed by atoms with van der Waals surface area (Å²) in [5, 5.41) is 9.38. The number of alkyl halides is 1. The Bertz CT molecular complexity index is 1330. The number of allylic oxidation sites excluding steroid dienone is 2. The minimum Gasteiger partial charge on any atom is -0.371 e. The van der Waals surface area contributed by atoms with Gasteiger partial charge in [-0.05, 0) is 90.6 Å². The molecule has 0 aromatic heterocycles. The van der Waals surface area contributed by atoms with E-state index in [0.29, 0.717) is 24.4 Å². The van der Waals surface area contributed by atoms with E-state index in [4.69, 9.17) is 0 Å². The maximum absolute atomic E-state index is 13.9. The number of piperidine rings is 2. The first kappa shape index (κ1) is 24.4. The van der Waals surface area contributed by atoms with E-state index < -0.39 is 6.17 Å². The van der Waals surface area contributed by atoms with Gasteiger partial charge in [-0.25, -0.2) is 4.39 Å². The molecule has 0 amide bonds. The second-order valence-electron chi connectivity index (χ2n) is 11.8. The van der Waals surface area contributed by atoms with Gasteiger partial charge in [-0.15, -0.1) is 0 Å². The Balaban J connectivity index is 1.30. The lowest BCUT2D eigenvalue weighted by Crippen LogP contribution is -2.48. The quantitative estimate of drug-likeness (QED) is 0.521. The molecule has 4 aliphatic rings. The lowest BCUT2D eigenvalue weighted by Gasteiger charge is -2.42. The summed E-state index contributed by atoms with van der Waals surface area (Å²) in [5.74, 6) is 0.129. The van der Waals surface area contributed by atoms with Crippen molar-refractivity contribution in [3.63, 3.8) is 0 Å². The smallest absolute Gasteiger partial charge is 0.193 e. The monoisotopic (exact) mass is 497 g/mol. The number of nitriles is 1. The lowest BCUT2D eigenvalue weighted by atomic mass is 9.68. The zero-order valence-electron chi connectivity index (χ0n) is 22.2. The lowest BCUT2D eigenvalue weighted by molar-refractivity contribution is 0.0981. The highest BCUT2D eigenvalue weighted by Gasteiger charge is 2.43. The van der Waals surface area contributed by atoms with Gasteiger partial charge in [0, 0.05) is 54.5 Å². The molecule has 2 heterocycles. The minimum atomic E-state index is -0.623. The summed E-state index contributed by atoms with van der Waals surface area (Å²) < 4.78 is 13.6. The molecule has 2 aromatic rings. The number of hydrogen-bond acceptors (Lipinski definition) is 4. The topological polar surface area (TPSA) is 47.3 Å². The Hall–Kier alpha value is -2.97. The van der Waals surface area contributed by atoms with Crippen molar-refractivity contribution in [1.82, 2.24) is 4.90 Å². The number of fused-ring (bicyclic) bond motifs is 3. The highest BCUT2D eigenvalue weighted by Crippen LogP contribution is 2.51. The number of Topliss-reactive ketones (excluding diaryl/α,β-unsaturated/α-hetero) is 1. The van der Waals surface area contributed by atoms with Crippen LogP contribution in [-0.2, 0) is 18.3 Å². The number of ketones is 1. The maximum atomic E-state index is 13.9. The molecule has 2 saturated heterocycles. The molecule has 0 unspecified atom stereocenters. The third-order valence-electron chi connectivity index (χ3n) is 9.45. The standard InChI is InChI=1S/C32H36FN3O/c1-4-21-16-26-27(18-29(21)36-13-9-24(10-14-36)35-11-7-23(33)8-12-35)32(2,3)28-17-22-15-20(19-34)5-6-25(22)30(28)31(26)37/h5-6,15-16,18,23-24H,4,7-14,17H2,1-3H3. The van der Waals surface area contributed by atoms with Crippen molar-refractivity contribution < 1.29 is 9.18 Å². The molecule has 0 atom stereocenters. The van der Waals surface area contributed by atoms with Crippen molar-refractivity contribution in [1.29, 1.82) is 5.26 Å². The van der Waals surface area contributed by atoms with E-state index in [1.54, 1.807) is 0 Å². The number of anilines is 1. The van der Waals surface area contributed by atoms with Gasteiger partial charge >= 0.3 is 0 Å². The molecule has 4 nitrogen and oxygen atoms in total. The zero-order chi connectivity index (χ0) is 25.9. The largest absolute Gasteiger partial charge is 0.371 e. The predicted molar refractivity (Wildman–Crippen MR) is 146 cm³/mol. The fourth-order valence-electron chi connectivity index (χ4n) is 7.21. The molecule has 2 aromatic carbocycles. The third kappa shape index (κ3) is 3.92. The van der Waals surface area contributed by atoms with E-state index >= 15 is 0 Å². The maximum Gasteiger partial charge on any atom is 0.193 e. The summed E-state index contributed by atoms with van der Waals surface area (Å²) in [6.07, 6.45) is 4.54. The molecule has 192 valence electrons. The van der Waals surface area contributed by atoms with E-state index in [-0.39, 0.29) is 11.2 Å². The van der Waals surface area contributed by atoms with Crippen molar-refractivity contribution in [3.8, 4) is 6.07 Å². The summed E-state index contributed by atoms with van der Waals surface area (Å²) in [7, 11) is 0. The Kier molecular flexibility index (Phi) is 5.99. The summed E-state index contributed by atoms with van der Waals surface area (Å²) in [4.78, 5) is 19.0. The van der Waals surface area contributed by atoms with Gasteiger partial charge in [-0.1, -0.05) is 26.8 Å². The summed E-state index contributed by atoms with van der Waals surface area (Å²) >= 11 is 0. The molecule has 0 bridgehead atoms. The van der Waals surface area contributed by atoms with Crippen LogP contribution in [-0.4, -0.2) is 49.1 Å². The number of rotatable bonds is 3. The fraction of sp³-hybridized carbons (Fsp3) is 0.500. The SMILES string of the molecule is CCc1cc2c(cc1N1CCC(N3CCC(F)CC3)CC1)C(C)(C)C1=C(C2=O)c2ccc(C#N)cc2C1. The second-order valence-corrected chi connectivity index (χ2v) is 11.8. The van der Waals surface area contributed by atoms with Crippen molar-refractivity contribution in [2.45, 2.75) is 76.9 Å². The van der Waals surface area contributed by atoms with Crippen molar-refractivity contribution >= 4 is 17.0 Å². The number of aryl methyl sites for hydroxylation is 1. The first-order valence-electron chi connectivity index (χ1n) is 13.9. The van der Waals surface area contributed by atoms with Gasteiger partial charge in [-0.2, -0.15) is 5.26 Å². The molecule has 2 fully saturated rings. The van der Waals surface area contributed by atoms with E-state index in [0.717, 1.165) is 79.7 Å². The van der Waals surface area contributed by atoms with Crippen molar-refractivity contribution in [2.24, 2.45) is 0 Å². The predicted octanol–water partition coefficient (Wildman–Crippen LogP) is 6.01. The second kappa shape index (κ2) is 9.10. The minimum absolute atomic E-state index is 0.129. The van der Waals surface area contributed by atoms with Crippen LogP contribution in [0, 0.1) is 11.3 Å². The van der Waals surface area contributed by atoms with Gasteiger partial charge in [0.15, 0.2) is 5.78 Å². The van der Waals surface area contributed by atoms with Crippen LogP contribution in [0.2, 0.25) is 0 Å². The summed E-state index contributed by atoms with van der Waals surface area (Å²) in [6.45, 7) is 10.4. The molecule has 6 rings (SSSR count). The molecule has 5 heteroatoms. The molecule has 0 saturated carbocycles. The number of hydrogen-bond donors (Lipinski definition) is 0. The molecule has 2 aliphatic carbocycles. The van der Waals surface area contributed by atoms with Crippen LogP contribution >= 0.6 is 0 Å². The number of halogens is 1. The molecular weight excluding hydrogens is 461 g/mol. The van der Waals surface area contributed by atoms with Gasteiger partial charge < -0.3 is 9.80 Å². The van der Waals surface area contributed by atoms with Gasteiger partial charge in [0.1, 0.15) is 6.17 Å². The van der Waals surface area contributed by atoms with Gasteiger partial charge in [-0.3, -0.25) is 4.79 Å². The Morgan fingerprint density at radius 2 is 1.76 bits per heavy atom. The molecule has 0 spiro atoms. The Labute approximate surface area is 219 Å². The first-order chi connectivity index (χ1) is 17.8. The van der Waals surface area contributed by atoms with E-state index in [1.807, 2.05) is 18.2 Å². The van der Waals surface area contributed by atoms with Crippen LogP contribution in [0.25, 0.3) is 5.57 Å². The van der Waals surface area contributed by atoms with Gasteiger partial charge in [0.05, 0.1) is 11.6 Å². The Morgan fingerprint density at radius 3 is 2.43 bits per heavy atom. The highest BCUT2D eigenvalue weighted by molar-refractivity contribution is 6.33. The Morgan fingerprint density at radius 1 is 1.03 bits per heavy atom. The average molecular weight is 498 g/mol. The number of carbonyl (C=O) groups is 1. The number of benzene rings is 2. The van der Waals surface area contributed by atoms with Crippen LogP contribution in [0.5, 0.6) is 0 Å². The number of carbonyl (C=O) groups excluding carboxylic acids is 1. The van der Waals surface area contributed by atoms with Gasteiger partial charge in [0.25, 0.3) is 0 Å². The van der Waals surface area contributed by atoms with Crippen LogP contribution in [0.15, 0.2) is 35.9 Å². The number of likely N-dealkylation sites (tertiary alicyclic amines) is 1. The summed E-state index contributed by atoms with van der Waals surface area (Å²) in [6, 6.07) is 13.0. The normalized spacial score (nSPS) is 22.0. The average Bonchev–Trinajstić information content (AvgIpc) is 3.32.